The number of rotatable bonds is 7. The van der Waals surface area contributed by atoms with Crippen LogP contribution in [0.25, 0.3) is 22.3 Å². The lowest BCUT2D eigenvalue weighted by Crippen LogP contribution is -2.35. The van der Waals surface area contributed by atoms with E-state index in [-0.39, 0.29) is 35.3 Å². The molecule has 0 bridgehead atoms. The lowest BCUT2D eigenvalue weighted by atomic mass is 10.1. The number of hydrogen-bond donors (Lipinski definition) is 5. The first-order chi connectivity index (χ1) is 16.5. The number of furan rings is 1. The number of ether oxygens (including phenoxy) is 1. The van der Waals surface area contributed by atoms with E-state index >= 15 is 0 Å². The van der Waals surface area contributed by atoms with Gasteiger partial charge in [0.15, 0.2) is 5.58 Å². The zero-order valence-corrected chi connectivity index (χ0v) is 19.4. The number of aromatic nitrogens is 3. The lowest BCUT2D eigenvalue weighted by molar-refractivity contribution is -0.115. The van der Waals surface area contributed by atoms with Crippen LogP contribution < -0.4 is 15.4 Å². The number of nitrogens with one attached hydrogen (secondary N) is 2. The van der Waals surface area contributed by atoms with Gasteiger partial charge in [0, 0.05) is 24.0 Å². The van der Waals surface area contributed by atoms with Crippen LogP contribution in [0.2, 0.25) is 5.15 Å². The van der Waals surface area contributed by atoms with Gasteiger partial charge in [-0.1, -0.05) is 11.6 Å². The molecule has 1 aliphatic carbocycles. The summed E-state index contributed by atoms with van der Waals surface area (Å²) < 4.78 is 49.3. The van der Waals surface area contributed by atoms with Crippen LogP contribution in [-0.2, 0) is 0 Å². The molecule has 3 aromatic heterocycles. The summed E-state index contributed by atoms with van der Waals surface area (Å²) in [6.07, 6.45) is -6.82. The van der Waals surface area contributed by atoms with Crippen LogP contribution in [0.3, 0.4) is 0 Å². The highest BCUT2D eigenvalue weighted by Gasteiger charge is 2.41. The second-order valence-corrected chi connectivity index (χ2v) is 8.58. The molecule has 14 heteroatoms. The average Bonchev–Trinajstić information content (AvgIpc) is 3.33. The third kappa shape index (κ3) is 5.22. The first-order valence-electron chi connectivity index (χ1n) is 10.6. The van der Waals surface area contributed by atoms with Gasteiger partial charge < -0.3 is 35.1 Å². The van der Waals surface area contributed by atoms with Crippen LogP contribution in [0.5, 0.6) is 5.88 Å². The van der Waals surface area contributed by atoms with Crippen molar-refractivity contribution in [1.29, 1.82) is 0 Å². The number of alkyl halides is 3. The Morgan fingerprint density at radius 3 is 2.57 bits per heavy atom. The first-order valence-corrected chi connectivity index (χ1v) is 11.0. The summed E-state index contributed by atoms with van der Waals surface area (Å²) in [6, 6.07) is 2.48. The highest BCUT2D eigenvalue weighted by molar-refractivity contribution is 6.32. The molecule has 0 saturated heterocycles. The van der Waals surface area contributed by atoms with E-state index in [0.29, 0.717) is 22.5 Å². The summed E-state index contributed by atoms with van der Waals surface area (Å²) in [5.74, 6) is -0.479. The zero-order valence-electron chi connectivity index (χ0n) is 18.6. The van der Waals surface area contributed by atoms with Crippen molar-refractivity contribution in [3.63, 3.8) is 0 Å². The van der Waals surface area contributed by atoms with Crippen LogP contribution in [0.15, 0.2) is 16.5 Å². The highest BCUT2D eigenvalue weighted by atomic mass is 35.5. The molecule has 4 atom stereocenters. The summed E-state index contributed by atoms with van der Waals surface area (Å²) in [5, 5.41) is 35.5. The van der Waals surface area contributed by atoms with Gasteiger partial charge in [-0.05, 0) is 19.4 Å². The molecule has 190 valence electrons. The number of methoxy groups -OCH3 is 1. The van der Waals surface area contributed by atoms with Crippen molar-refractivity contribution < 1.29 is 37.6 Å². The van der Waals surface area contributed by atoms with E-state index in [9.17, 15) is 28.5 Å². The highest BCUT2D eigenvalue weighted by Crippen LogP contribution is 2.40. The van der Waals surface area contributed by atoms with E-state index in [4.69, 9.17) is 20.8 Å². The molecular formula is C21H23ClF3N5O5. The smallest absolute Gasteiger partial charge is 0.405 e. The molecule has 0 radical (unpaired) electrons. The molecule has 3 heterocycles. The molecule has 4 unspecified atom stereocenters. The van der Waals surface area contributed by atoms with Gasteiger partial charge in [-0.2, -0.15) is 18.2 Å². The Bertz CT molecular complexity index is 1220. The Hall–Kier alpha value is -2.87. The van der Waals surface area contributed by atoms with E-state index in [1.165, 1.54) is 7.11 Å². The van der Waals surface area contributed by atoms with Crippen LogP contribution >= 0.6 is 11.6 Å². The maximum absolute atomic E-state index is 12.7. The number of pyridine rings is 1. The number of anilines is 2. The van der Waals surface area contributed by atoms with Crippen LogP contribution in [0, 0.1) is 12.8 Å². The maximum Gasteiger partial charge on any atom is 0.405 e. The molecule has 0 aromatic carbocycles. The van der Waals surface area contributed by atoms with Gasteiger partial charge in [0.1, 0.15) is 29.4 Å². The summed E-state index contributed by atoms with van der Waals surface area (Å²) in [5.41, 5.74) is 1.09. The molecule has 1 fully saturated rings. The minimum atomic E-state index is -4.52. The quantitative estimate of drug-likeness (QED) is 0.296. The van der Waals surface area contributed by atoms with Crippen LogP contribution in [0.4, 0.5) is 24.9 Å². The molecular weight excluding hydrogens is 495 g/mol. The van der Waals surface area contributed by atoms with E-state index in [2.05, 4.69) is 25.6 Å². The molecule has 1 saturated carbocycles. The number of aliphatic hydroxyl groups is 3. The first kappa shape index (κ1) is 25.2. The lowest BCUT2D eigenvalue weighted by Gasteiger charge is -2.21. The summed E-state index contributed by atoms with van der Waals surface area (Å²) in [6.45, 7) is -0.0382. The van der Waals surface area contributed by atoms with E-state index in [0.717, 1.165) is 0 Å². The van der Waals surface area contributed by atoms with Crippen LogP contribution in [0.1, 0.15) is 12.1 Å². The summed E-state index contributed by atoms with van der Waals surface area (Å²) in [4.78, 5) is 12.3. The average molecular weight is 518 g/mol. The molecule has 5 N–H and O–H groups in total. The zero-order chi connectivity index (χ0) is 25.5. The maximum atomic E-state index is 12.7. The molecule has 3 aromatic rings. The monoisotopic (exact) mass is 517 g/mol. The van der Waals surface area contributed by atoms with Crippen molar-refractivity contribution in [3.05, 3.63) is 23.0 Å². The Morgan fingerprint density at radius 1 is 1.20 bits per heavy atom. The molecule has 10 nitrogen and oxygen atoms in total. The van der Waals surface area contributed by atoms with Gasteiger partial charge in [-0.25, -0.2) is 9.97 Å². The number of nitrogens with zero attached hydrogens (tertiary/aromatic N) is 3. The van der Waals surface area contributed by atoms with Crippen molar-refractivity contribution in [2.45, 2.75) is 37.8 Å². The predicted octanol–water partition coefficient (Wildman–Crippen LogP) is 2.74. The topological polar surface area (TPSA) is 146 Å². The van der Waals surface area contributed by atoms with Gasteiger partial charge in [0.25, 0.3) is 0 Å². The van der Waals surface area contributed by atoms with Gasteiger partial charge in [-0.15, -0.1) is 0 Å². The van der Waals surface area contributed by atoms with Crippen molar-refractivity contribution in [1.82, 2.24) is 15.0 Å². The number of aliphatic hydroxyl groups excluding tert-OH is 3. The Labute approximate surface area is 202 Å². The number of fused-ring (bicyclic) bond motifs is 1. The van der Waals surface area contributed by atoms with E-state index in [1.807, 2.05) is 0 Å². The molecule has 0 amide bonds. The largest absolute Gasteiger partial charge is 0.481 e. The van der Waals surface area contributed by atoms with E-state index in [1.54, 1.807) is 19.1 Å². The fourth-order valence-corrected chi connectivity index (χ4v) is 4.31. The third-order valence-electron chi connectivity index (χ3n) is 5.77. The van der Waals surface area contributed by atoms with Crippen molar-refractivity contribution in [2.75, 3.05) is 30.9 Å². The third-order valence-corrected chi connectivity index (χ3v) is 6.05. The SMILES string of the molecule is COc1cc2cc(-c3c(Cl)nc(NCC(F)(F)F)nc3NC3CC(CO)C(O)C3O)oc2c(C)n1. The minimum absolute atomic E-state index is 0.0267. The van der Waals surface area contributed by atoms with Gasteiger partial charge >= 0.3 is 6.18 Å². The Morgan fingerprint density at radius 2 is 1.94 bits per heavy atom. The number of halogens is 4. The number of aryl methyl sites for hydroxylation is 1. The normalized spacial score (nSPS) is 22.5. The summed E-state index contributed by atoms with van der Waals surface area (Å²) >= 11 is 6.39. The minimum Gasteiger partial charge on any atom is -0.481 e. The fourth-order valence-electron chi connectivity index (χ4n) is 4.04. The van der Waals surface area contributed by atoms with Gasteiger partial charge in [0.05, 0.1) is 30.5 Å². The van der Waals surface area contributed by atoms with Gasteiger partial charge in [0.2, 0.25) is 11.8 Å². The van der Waals surface area contributed by atoms with Crippen molar-refractivity contribution in [3.8, 4) is 17.2 Å². The molecule has 35 heavy (non-hydrogen) atoms. The standard InChI is InChI=1S/C21H23ClF3N5O5/c1-8-17-9(5-13(27-8)34-2)4-12(35-17)14-18(22)29-20(26-7-21(23,24)25)30-19(14)28-11-3-10(6-31)15(32)16(11)33/h4-5,10-11,15-16,31-33H,3,6-7H2,1-2H3,(H2,26,28,29,30). The molecule has 0 aliphatic heterocycles. The van der Waals surface area contributed by atoms with Crippen LogP contribution in [-0.4, -0.2) is 75.0 Å². The van der Waals surface area contributed by atoms with Crippen molar-refractivity contribution in [2.24, 2.45) is 5.92 Å². The van der Waals surface area contributed by atoms with Gasteiger partial charge in [-0.3, -0.25) is 0 Å². The molecule has 4 rings (SSSR count). The summed E-state index contributed by atoms with van der Waals surface area (Å²) in [7, 11) is 1.47. The second kappa shape index (κ2) is 9.64. The fraction of sp³-hybridized carbons (Fsp3) is 0.476. The predicted molar refractivity (Wildman–Crippen MR) is 120 cm³/mol. The van der Waals surface area contributed by atoms with Crippen molar-refractivity contribution >= 4 is 34.3 Å². The van der Waals surface area contributed by atoms with E-state index < -0.39 is 42.8 Å². The molecule has 0 spiro atoms. The molecule has 1 aliphatic rings. The Kier molecular flexibility index (Phi) is 6.95. The second-order valence-electron chi connectivity index (χ2n) is 8.22. The number of hydrogen-bond acceptors (Lipinski definition) is 10. The Balaban J connectivity index is 1.78.